The van der Waals surface area contributed by atoms with Gasteiger partial charge in [-0.15, -0.1) is 0 Å². The van der Waals surface area contributed by atoms with Gasteiger partial charge < -0.3 is 9.64 Å². The molecule has 0 fully saturated rings. The number of hydrogen-bond acceptors (Lipinski definition) is 4. The van der Waals surface area contributed by atoms with E-state index in [9.17, 15) is 13.2 Å². The van der Waals surface area contributed by atoms with E-state index in [0.717, 1.165) is 0 Å². The van der Waals surface area contributed by atoms with Gasteiger partial charge in [0.25, 0.3) is 5.91 Å². The van der Waals surface area contributed by atoms with E-state index in [-0.39, 0.29) is 17.3 Å². The molecule has 0 radical (unpaired) electrons. The molecule has 0 bridgehead atoms. The Balaban J connectivity index is 2.34. The van der Waals surface area contributed by atoms with Gasteiger partial charge in [-0.3, -0.25) is 4.79 Å². The number of rotatable bonds is 8. The fourth-order valence-electron chi connectivity index (χ4n) is 2.83. The number of carbonyl (C=O) groups excluding carboxylic acids is 1. The Morgan fingerprint density at radius 2 is 1.67 bits per heavy atom. The first-order valence-corrected chi connectivity index (χ1v) is 10.3. The zero-order chi connectivity index (χ0) is 20.0. The molecule has 7 heteroatoms. The highest BCUT2D eigenvalue weighted by molar-refractivity contribution is 7.89. The highest BCUT2D eigenvalue weighted by Crippen LogP contribution is 2.24. The van der Waals surface area contributed by atoms with Gasteiger partial charge in [0.1, 0.15) is 5.75 Å². The third kappa shape index (κ3) is 4.67. The zero-order valence-electron chi connectivity index (χ0n) is 16.2. The number of benzene rings is 2. The van der Waals surface area contributed by atoms with Gasteiger partial charge in [-0.25, -0.2) is 8.42 Å². The van der Waals surface area contributed by atoms with E-state index in [1.807, 2.05) is 13.8 Å². The SMILES string of the molecule is CCN(CC)C(=O)c1ccc(OC)c(CN(C)S(=O)(=O)c2ccccc2)c1. The average Bonchev–Trinajstić information content (AvgIpc) is 2.69. The normalized spacial score (nSPS) is 11.4. The first-order chi connectivity index (χ1) is 12.8. The van der Waals surface area contributed by atoms with Crippen molar-refractivity contribution in [3.8, 4) is 5.75 Å². The number of sulfonamides is 1. The van der Waals surface area contributed by atoms with Crippen molar-refractivity contribution in [1.29, 1.82) is 0 Å². The molecule has 0 saturated carbocycles. The summed E-state index contributed by atoms with van der Waals surface area (Å²) in [6.45, 7) is 5.16. The number of amides is 1. The smallest absolute Gasteiger partial charge is 0.253 e. The highest BCUT2D eigenvalue weighted by atomic mass is 32.2. The van der Waals surface area contributed by atoms with Gasteiger partial charge in [0.05, 0.1) is 12.0 Å². The van der Waals surface area contributed by atoms with Crippen molar-refractivity contribution in [1.82, 2.24) is 9.21 Å². The molecule has 0 unspecified atom stereocenters. The summed E-state index contributed by atoms with van der Waals surface area (Å²) in [5, 5.41) is 0. The molecule has 27 heavy (non-hydrogen) atoms. The lowest BCUT2D eigenvalue weighted by Gasteiger charge is -2.21. The summed E-state index contributed by atoms with van der Waals surface area (Å²) >= 11 is 0. The predicted octanol–water partition coefficient (Wildman–Crippen LogP) is 3.00. The fourth-order valence-corrected chi connectivity index (χ4v) is 4.00. The first-order valence-electron chi connectivity index (χ1n) is 8.82. The van der Waals surface area contributed by atoms with E-state index in [1.54, 1.807) is 53.4 Å². The Morgan fingerprint density at radius 1 is 1.04 bits per heavy atom. The molecule has 2 rings (SSSR count). The van der Waals surface area contributed by atoms with Crippen LogP contribution in [0.4, 0.5) is 0 Å². The molecule has 0 aliphatic heterocycles. The summed E-state index contributed by atoms with van der Waals surface area (Å²) in [7, 11) is -0.600. The zero-order valence-corrected chi connectivity index (χ0v) is 17.0. The van der Waals surface area contributed by atoms with Gasteiger partial charge in [-0.05, 0) is 44.2 Å². The molecule has 0 aromatic heterocycles. The molecular weight excluding hydrogens is 364 g/mol. The topological polar surface area (TPSA) is 66.9 Å². The van der Waals surface area contributed by atoms with Crippen LogP contribution in [0.3, 0.4) is 0 Å². The Bertz CT molecular complexity index is 878. The predicted molar refractivity (Wildman–Crippen MR) is 105 cm³/mol. The van der Waals surface area contributed by atoms with Crippen molar-refractivity contribution in [3.05, 3.63) is 59.7 Å². The van der Waals surface area contributed by atoms with E-state index in [2.05, 4.69) is 0 Å². The minimum atomic E-state index is -3.64. The van der Waals surface area contributed by atoms with E-state index < -0.39 is 10.0 Å². The van der Waals surface area contributed by atoms with Crippen LogP contribution in [-0.4, -0.2) is 50.8 Å². The molecule has 2 aromatic carbocycles. The maximum Gasteiger partial charge on any atom is 0.253 e. The average molecular weight is 391 g/mol. The third-order valence-corrected chi connectivity index (χ3v) is 6.24. The minimum Gasteiger partial charge on any atom is -0.496 e. The molecule has 1 amide bonds. The van der Waals surface area contributed by atoms with Crippen LogP contribution in [-0.2, 0) is 16.6 Å². The van der Waals surface area contributed by atoms with Crippen LogP contribution >= 0.6 is 0 Å². The summed E-state index contributed by atoms with van der Waals surface area (Å²) in [5.41, 5.74) is 1.15. The van der Waals surface area contributed by atoms with Gasteiger partial charge in [-0.2, -0.15) is 4.31 Å². The van der Waals surface area contributed by atoms with Crippen molar-refractivity contribution in [2.45, 2.75) is 25.3 Å². The fraction of sp³-hybridized carbons (Fsp3) is 0.350. The third-order valence-electron chi connectivity index (χ3n) is 4.42. The molecule has 146 valence electrons. The summed E-state index contributed by atoms with van der Waals surface area (Å²) < 4.78 is 32.2. The molecule has 2 aromatic rings. The van der Waals surface area contributed by atoms with Crippen LogP contribution < -0.4 is 4.74 Å². The molecule has 0 atom stereocenters. The lowest BCUT2D eigenvalue weighted by Crippen LogP contribution is -2.31. The molecule has 0 heterocycles. The van der Waals surface area contributed by atoms with Crippen LogP contribution in [0.2, 0.25) is 0 Å². The van der Waals surface area contributed by atoms with E-state index in [4.69, 9.17) is 4.74 Å². The van der Waals surface area contributed by atoms with Crippen LogP contribution in [0.15, 0.2) is 53.4 Å². The van der Waals surface area contributed by atoms with Gasteiger partial charge in [0.2, 0.25) is 10.0 Å². The van der Waals surface area contributed by atoms with Gasteiger partial charge in [0.15, 0.2) is 0 Å². The van der Waals surface area contributed by atoms with E-state index in [0.29, 0.717) is 30.0 Å². The summed E-state index contributed by atoms with van der Waals surface area (Å²) in [6, 6.07) is 13.4. The van der Waals surface area contributed by atoms with Gasteiger partial charge in [0, 0.05) is 37.8 Å². The summed E-state index contributed by atoms with van der Waals surface area (Å²) in [4.78, 5) is 14.6. The molecular formula is C20H26N2O4S. The molecule has 6 nitrogen and oxygen atoms in total. The van der Waals surface area contributed by atoms with Crippen LogP contribution in [0, 0.1) is 0 Å². The lowest BCUT2D eigenvalue weighted by atomic mass is 10.1. The molecule has 0 spiro atoms. The second-order valence-electron chi connectivity index (χ2n) is 6.08. The van der Waals surface area contributed by atoms with Gasteiger partial charge in [-0.1, -0.05) is 18.2 Å². The Kier molecular flexibility index (Phi) is 6.98. The second-order valence-corrected chi connectivity index (χ2v) is 8.12. The molecule has 0 aliphatic rings. The highest BCUT2D eigenvalue weighted by Gasteiger charge is 2.23. The number of carbonyl (C=O) groups is 1. The standard InChI is InChI=1S/C20H26N2O4S/c1-5-22(6-2)20(23)16-12-13-19(26-4)17(14-16)15-21(3)27(24,25)18-10-8-7-9-11-18/h7-14H,5-6,15H2,1-4H3. The lowest BCUT2D eigenvalue weighted by molar-refractivity contribution is 0.0773. The number of methoxy groups -OCH3 is 1. The second kappa shape index (κ2) is 9.01. The quantitative estimate of drug-likeness (QED) is 0.695. The summed E-state index contributed by atoms with van der Waals surface area (Å²) in [5.74, 6) is 0.457. The van der Waals surface area contributed by atoms with Crippen molar-refractivity contribution in [2.75, 3.05) is 27.2 Å². The van der Waals surface area contributed by atoms with Crippen molar-refractivity contribution in [2.24, 2.45) is 0 Å². The maximum atomic E-state index is 12.8. The van der Waals surface area contributed by atoms with Crippen molar-refractivity contribution >= 4 is 15.9 Å². The largest absolute Gasteiger partial charge is 0.496 e. The molecule has 0 aliphatic carbocycles. The van der Waals surface area contributed by atoms with Gasteiger partial charge >= 0.3 is 0 Å². The van der Waals surface area contributed by atoms with Crippen LogP contribution in [0.25, 0.3) is 0 Å². The summed E-state index contributed by atoms with van der Waals surface area (Å²) in [6.07, 6.45) is 0. The molecule has 0 N–H and O–H groups in total. The Labute approximate surface area is 161 Å². The number of hydrogen-bond donors (Lipinski definition) is 0. The monoisotopic (exact) mass is 390 g/mol. The molecule has 0 saturated heterocycles. The van der Waals surface area contributed by atoms with E-state index >= 15 is 0 Å². The van der Waals surface area contributed by atoms with Crippen LogP contribution in [0.1, 0.15) is 29.8 Å². The minimum absolute atomic E-state index is 0.0857. The first kappa shape index (κ1) is 20.9. The van der Waals surface area contributed by atoms with E-state index in [1.165, 1.54) is 18.5 Å². The van der Waals surface area contributed by atoms with Crippen LogP contribution in [0.5, 0.6) is 5.75 Å². The number of ether oxygens (including phenoxy) is 1. The van der Waals surface area contributed by atoms with Crippen molar-refractivity contribution in [3.63, 3.8) is 0 Å². The Hall–Kier alpha value is -2.38. The van der Waals surface area contributed by atoms with Crippen molar-refractivity contribution < 1.29 is 17.9 Å². The maximum absolute atomic E-state index is 12.8. The Morgan fingerprint density at radius 3 is 2.22 bits per heavy atom. The number of nitrogens with zero attached hydrogens (tertiary/aromatic N) is 2.